The smallest absolute Gasteiger partial charge is 0.171 e. The van der Waals surface area contributed by atoms with Gasteiger partial charge in [-0.2, -0.15) is 0 Å². The SMILES string of the molecule is CCN(CC(C)/C(N)=N/O)c1ncccc1OC. The van der Waals surface area contributed by atoms with Crippen molar-refractivity contribution in [2.45, 2.75) is 13.8 Å². The number of hydrogen-bond donors (Lipinski definition) is 2. The largest absolute Gasteiger partial charge is 0.493 e. The Bertz CT molecular complexity index is 409. The van der Waals surface area contributed by atoms with E-state index in [-0.39, 0.29) is 11.8 Å². The first-order valence-electron chi connectivity index (χ1n) is 5.85. The Morgan fingerprint density at radius 3 is 2.94 bits per heavy atom. The zero-order valence-corrected chi connectivity index (χ0v) is 11.0. The van der Waals surface area contributed by atoms with E-state index >= 15 is 0 Å². The van der Waals surface area contributed by atoms with Crippen molar-refractivity contribution in [2.75, 3.05) is 25.1 Å². The number of aromatic nitrogens is 1. The number of amidine groups is 1. The molecule has 1 heterocycles. The molecular weight excluding hydrogens is 232 g/mol. The maximum atomic E-state index is 8.67. The molecule has 0 aliphatic rings. The van der Waals surface area contributed by atoms with Gasteiger partial charge in [0.05, 0.1) is 7.11 Å². The van der Waals surface area contributed by atoms with Crippen LogP contribution in [-0.2, 0) is 0 Å². The van der Waals surface area contributed by atoms with Gasteiger partial charge in [0.15, 0.2) is 11.6 Å². The van der Waals surface area contributed by atoms with Crippen molar-refractivity contribution in [2.24, 2.45) is 16.8 Å². The number of rotatable bonds is 6. The third-order valence-electron chi connectivity index (χ3n) is 2.77. The fraction of sp³-hybridized carbons (Fsp3) is 0.500. The molecule has 6 heteroatoms. The third kappa shape index (κ3) is 3.26. The summed E-state index contributed by atoms with van der Waals surface area (Å²) in [6.07, 6.45) is 1.72. The van der Waals surface area contributed by atoms with Gasteiger partial charge >= 0.3 is 0 Å². The van der Waals surface area contributed by atoms with Gasteiger partial charge in [-0.1, -0.05) is 12.1 Å². The summed E-state index contributed by atoms with van der Waals surface area (Å²) in [5, 5.41) is 11.7. The Morgan fingerprint density at radius 1 is 1.67 bits per heavy atom. The second-order valence-electron chi connectivity index (χ2n) is 3.99. The van der Waals surface area contributed by atoms with Crippen LogP contribution in [0.2, 0.25) is 0 Å². The van der Waals surface area contributed by atoms with Gasteiger partial charge in [0.2, 0.25) is 0 Å². The molecule has 0 aliphatic carbocycles. The van der Waals surface area contributed by atoms with Crippen molar-refractivity contribution in [3.05, 3.63) is 18.3 Å². The van der Waals surface area contributed by atoms with E-state index in [9.17, 15) is 0 Å². The van der Waals surface area contributed by atoms with Crippen LogP contribution >= 0.6 is 0 Å². The van der Waals surface area contributed by atoms with Gasteiger partial charge in [0, 0.05) is 25.2 Å². The number of ether oxygens (including phenoxy) is 1. The number of nitrogens with zero attached hydrogens (tertiary/aromatic N) is 3. The Hall–Kier alpha value is -1.98. The van der Waals surface area contributed by atoms with Crippen LogP contribution in [0.4, 0.5) is 5.82 Å². The molecule has 0 aromatic carbocycles. The molecule has 3 N–H and O–H groups in total. The Morgan fingerprint density at radius 2 is 2.39 bits per heavy atom. The lowest BCUT2D eigenvalue weighted by molar-refractivity contribution is 0.314. The molecule has 0 spiro atoms. The fourth-order valence-corrected chi connectivity index (χ4v) is 1.67. The zero-order chi connectivity index (χ0) is 13.5. The maximum Gasteiger partial charge on any atom is 0.171 e. The van der Waals surface area contributed by atoms with Gasteiger partial charge < -0.3 is 20.6 Å². The van der Waals surface area contributed by atoms with Crippen LogP contribution in [0, 0.1) is 5.92 Å². The van der Waals surface area contributed by atoms with E-state index in [4.69, 9.17) is 15.7 Å². The standard InChI is InChI=1S/C12H20N4O2/c1-4-16(8-9(2)11(13)15-17)12-10(18-3)6-5-7-14-12/h5-7,9,17H,4,8H2,1-3H3,(H2,13,15). The minimum Gasteiger partial charge on any atom is -0.493 e. The first-order valence-corrected chi connectivity index (χ1v) is 5.85. The predicted octanol–water partition coefficient (Wildman–Crippen LogP) is 1.30. The summed E-state index contributed by atoms with van der Waals surface area (Å²) < 4.78 is 5.28. The number of pyridine rings is 1. The van der Waals surface area contributed by atoms with Crippen LogP contribution < -0.4 is 15.4 Å². The molecule has 1 unspecified atom stereocenters. The zero-order valence-electron chi connectivity index (χ0n) is 11.0. The van der Waals surface area contributed by atoms with Crippen molar-refractivity contribution in [1.29, 1.82) is 0 Å². The van der Waals surface area contributed by atoms with E-state index in [0.717, 1.165) is 12.4 Å². The highest BCUT2D eigenvalue weighted by Crippen LogP contribution is 2.25. The molecule has 1 aromatic rings. The highest BCUT2D eigenvalue weighted by molar-refractivity contribution is 5.82. The number of methoxy groups -OCH3 is 1. The van der Waals surface area contributed by atoms with Crippen LogP contribution in [0.1, 0.15) is 13.8 Å². The van der Waals surface area contributed by atoms with Gasteiger partial charge in [-0.15, -0.1) is 0 Å². The minimum atomic E-state index is -0.0679. The molecule has 0 radical (unpaired) electrons. The minimum absolute atomic E-state index is 0.0679. The maximum absolute atomic E-state index is 8.67. The summed E-state index contributed by atoms with van der Waals surface area (Å²) in [6.45, 7) is 5.29. The molecule has 100 valence electrons. The summed E-state index contributed by atoms with van der Waals surface area (Å²) >= 11 is 0. The molecule has 0 bridgehead atoms. The van der Waals surface area contributed by atoms with Crippen molar-refractivity contribution >= 4 is 11.7 Å². The Kier molecular flexibility index (Phi) is 5.23. The molecule has 0 saturated heterocycles. The second kappa shape index (κ2) is 6.68. The molecule has 0 aliphatic heterocycles. The lowest BCUT2D eigenvalue weighted by Crippen LogP contribution is -2.35. The molecule has 1 aromatic heterocycles. The first kappa shape index (κ1) is 14.1. The van der Waals surface area contributed by atoms with E-state index in [1.165, 1.54) is 0 Å². The quantitative estimate of drug-likeness (QED) is 0.345. The first-order chi connectivity index (χ1) is 8.63. The summed E-state index contributed by atoms with van der Waals surface area (Å²) in [5.74, 6) is 1.62. The van der Waals surface area contributed by atoms with Crippen LogP contribution in [-0.4, -0.2) is 36.2 Å². The van der Waals surface area contributed by atoms with E-state index in [1.807, 2.05) is 30.9 Å². The van der Waals surface area contributed by atoms with Gasteiger partial charge in [-0.05, 0) is 19.1 Å². The highest BCUT2D eigenvalue weighted by Gasteiger charge is 2.16. The topological polar surface area (TPSA) is 84.0 Å². The Balaban J connectivity index is 2.89. The highest BCUT2D eigenvalue weighted by atomic mass is 16.5. The van der Waals surface area contributed by atoms with Crippen molar-refractivity contribution in [3.63, 3.8) is 0 Å². The van der Waals surface area contributed by atoms with Crippen LogP contribution in [0.5, 0.6) is 5.75 Å². The van der Waals surface area contributed by atoms with Crippen molar-refractivity contribution < 1.29 is 9.94 Å². The van der Waals surface area contributed by atoms with Gasteiger partial charge in [0.1, 0.15) is 5.84 Å². The third-order valence-corrected chi connectivity index (χ3v) is 2.77. The molecule has 18 heavy (non-hydrogen) atoms. The number of hydrogen-bond acceptors (Lipinski definition) is 5. The summed E-state index contributed by atoms with van der Waals surface area (Å²) in [6, 6.07) is 3.68. The number of anilines is 1. The van der Waals surface area contributed by atoms with Crippen LogP contribution in [0.15, 0.2) is 23.5 Å². The molecule has 6 nitrogen and oxygen atoms in total. The second-order valence-corrected chi connectivity index (χ2v) is 3.99. The fourth-order valence-electron chi connectivity index (χ4n) is 1.67. The average Bonchev–Trinajstić information content (AvgIpc) is 2.43. The molecule has 1 rings (SSSR count). The van der Waals surface area contributed by atoms with Gasteiger partial charge in [0.25, 0.3) is 0 Å². The number of nitrogens with two attached hydrogens (primary N) is 1. The van der Waals surface area contributed by atoms with Crippen LogP contribution in [0.3, 0.4) is 0 Å². The van der Waals surface area contributed by atoms with E-state index in [2.05, 4.69) is 10.1 Å². The summed E-state index contributed by atoms with van der Waals surface area (Å²) in [7, 11) is 1.61. The average molecular weight is 252 g/mol. The lowest BCUT2D eigenvalue weighted by atomic mass is 10.1. The lowest BCUT2D eigenvalue weighted by Gasteiger charge is -2.26. The van der Waals surface area contributed by atoms with Gasteiger partial charge in [-0.25, -0.2) is 4.98 Å². The van der Waals surface area contributed by atoms with E-state index in [1.54, 1.807) is 13.3 Å². The summed E-state index contributed by atoms with van der Waals surface area (Å²) in [4.78, 5) is 6.35. The normalized spacial score (nSPS) is 13.2. The monoisotopic (exact) mass is 252 g/mol. The van der Waals surface area contributed by atoms with Gasteiger partial charge in [-0.3, -0.25) is 0 Å². The van der Waals surface area contributed by atoms with Crippen molar-refractivity contribution in [1.82, 2.24) is 4.98 Å². The molecule has 0 amide bonds. The van der Waals surface area contributed by atoms with Crippen molar-refractivity contribution in [3.8, 4) is 5.75 Å². The van der Waals surface area contributed by atoms with E-state index < -0.39 is 0 Å². The number of oxime groups is 1. The molecule has 0 fully saturated rings. The van der Waals surface area contributed by atoms with Crippen LogP contribution in [0.25, 0.3) is 0 Å². The Labute approximate surface area is 107 Å². The molecule has 0 saturated carbocycles. The molecule has 1 atom stereocenters. The van der Waals surface area contributed by atoms with E-state index in [0.29, 0.717) is 12.3 Å². The molecular formula is C12H20N4O2. The summed E-state index contributed by atoms with van der Waals surface area (Å²) in [5.41, 5.74) is 5.59. The predicted molar refractivity (Wildman–Crippen MR) is 71.2 cm³/mol.